The van der Waals surface area contributed by atoms with Gasteiger partial charge in [0.2, 0.25) is 0 Å². The first kappa shape index (κ1) is 8.39. The molecule has 0 spiro atoms. The molecule has 1 aromatic heterocycles. The van der Waals surface area contributed by atoms with Gasteiger partial charge in [-0.05, 0) is 6.07 Å². The highest BCUT2D eigenvalue weighted by atomic mass is 28.3. The van der Waals surface area contributed by atoms with E-state index in [0.29, 0.717) is 5.95 Å². The van der Waals surface area contributed by atoms with Gasteiger partial charge in [0.15, 0.2) is 0 Å². The summed E-state index contributed by atoms with van der Waals surface area (Å²) in [5, 5.41) is 1.25. The summed E-state index contributed by atoms with van der Waals surface area (Å²) in [6.07, 6.45) is 1.69. The van der Waals surface area contributed by atoms with Crippen molar-refractivity contribution >= 4 is 13.3 Å². The molecule has 11 heavy (non-hydrogen) atoms. The van der Waals surface area contributed by atoms with Gasteiger partial charge in [-0.1, -0.05) is 19.6 Å². The highest BCUT2D eigenvalue weighted by molar-refractivity contribution is 6.89. The molecule has 0 aromatic carbocycles. The minimum Gasteiger partial charge on any atom is -0.469 e. The van der Waals surface area contributed by atoms with Crippen LogP contribution in [-0.4, -0.2) is 15.2 Å². The summed E-state index contributed by atoms with van der Waals surface area (Å²) in [5.74, 6) is 0.684. The average molecular weight is 170 g/mol. The van der Waals surface area contributed by atoms with Gasteiger partial charge in [-0.3, -0.25) is 0 Å². The lowest BCUT2D eigenvalue weighted by Gasteiger charge is -2.14. The number of hydrogen-bond donors (Lipinski definition) is 0. The zero-order chi connectivity index (χ0) is 8.48. The van der Waals surface area contributed by atoms with Gasteiger partial charge in [0, 0.05) is 5.19 Å². The topological polar surface area (TPSA) is 22.4 Å². The molecule has 0 unspecified atom stereocenters. The van der Waals surface area contributed by atoms with Crippen molar-refractivity contribution < 1.29 is 9.15 Å². The van der Waals surface area contributed by atoms with Gasteiger partial charge in [0.25, 0.3) is 5.95 Å². The van der Waals surface area contributed by atoms with E-state index in [1.807, 2.05) is 6.07 Å². The largest absolute Gasteiger partial charge is 0.469 e. The SMILES string of the molecule is COc1occc1[Si](C)(C)C. The van der Waals surface area contributed by atoms with E-state index in [2.05, 4.69) is 19.6 Å². The predicted octanol–water partition coefficient (Wildman–Crippen LogP) is 1.83. The molecule has 1 heterocycles. The second kappa shape index (κ2) is 2.74. The first-order valence-corrected chi connectivity index (χ1v) is 7.17. The summed E-state index contributed by atoms with van der Waals surface area (Å²) in [4.78, 5) is 0. The molecular formula is C8H14O2Si. The lowest BCUT2D eigenvalue weighted by molar-refractivity contribution is 0.308. The van der Waals surface area contributed by atoms with Gasteiger partial charge in [-0.2, -0.15) is 0 Å². The summed E-state index contributed by atoms with van der Waals surface area (Å²) in [7, 11) is 0.376. The number of hydrogen-bond acceptors (Lipinski definition) is 2. The van der Waals surface area contributed by atoms with Gasteiger partial charge in [-0.25, -0.2) is 0 Å². The molecular weight excluding hydrogens is 156 g/mol. The molecule has 1 rings (SSSR count). The number of furan rings is 1. The maximum atomic E-state index is 5.15. The third-order valence-corrected chi connectivity index (χ3v) is 3.61. The Hall–Kier alpha value is -0.703. The molecule has 1 aromatic rings. The summed E-state index contributed by atoms with van der Waals surface area (Å²) in [5.41, 5.74) is 0. The highest BCUT2D eigenvalue weighted by Crippen LogP contribution is 2.14. The van der Waals surface area contributed by atoms with Crippen LogP contribution in [-0.2, 0) is 0 Å². The Morgan fingerprint density at radius 3 is 2.36 bits per heavy atom. The first-order valence-electron chi connectivity index (χ1n) is 3.67. The van der Waals surface area contributed by atoms with E-state index in [-0.39, 0.29) is 0 Å². The molecule has 2 nitrogen and oxygen atoms in total. The van der Waals surface area contributed by atoms with E-state index in [1.165, 1.54) is 5.19 Å². The molecule has 62 valence electrons. The molecule has 0 amide bonds. The predicted molar refractivity (Wildman–Crippen MR) is 48.2 cm³/mol. The summed E-state index contributed by atoms with van der Waals surface area (Å²) < 4.78 is 10.2. The van der Waals surface area contributed by atoms with Crippen LogP contribution < -0.4 is 9.92 Å². The molecule has 0 saturated carbocycles. The zero-order valence-corrected chi connectivity index (χ0v) is 8.47. The standard InChI is InChI=1S/C8H14O2Si/c1-9-8-7(5-6-10-8)11(2,3)4/h5-6H,1-4H3. The van der Waals surface area contributed by atoms with Crippen molar-refractivity contribution in [2.75, 3.05) is 7.11 Å². The summed E-state index contributed by atoms with van der Waals surface area (Å²) >= 11 is 0. The normalized spacial score (nSPS) is 11.6. The smallest absolute Gasteiger partial charge is 0.282 e. The van der Waals surface area contributed by atoms with Crippen molar-refractivity contribution in [1.82, 2.24) is 0 Å². The number of ether oxygens (including phenoxy) is 1. The fourth-order valence-electron chi connectivity index (χ4n) is 1.01. The first-order chi connectivity index (χ1) is 5.05. The van der Waals surface area contributed by atoms with E-state index in [0.717, 1.165) is 0 Å². The van der Waals surface area contributed by atoms with E-state index in [9.17, 15) is 0 Å². The van der Waals surface area contributed by atoms with E-state index >= 15 is 0 Å². The van der Waals surface area contributed by atoms with Crippen molar-refractivity contribution in [1.29, 1.82) is 0 Å². The van der Waals surface area contributed by atoms with E-state index in [1.54, 1.807) is 13.4 Å². The number of rotatable bonds is 2. The average Bonchev–Trinajstić information content (AvgIpc) is 2.31. The second-order valence-corrected chi connectivity index (χ2v) is 8.61. The third kappa shape index (κ3) is 1.65. The monoisotopic (exact) mass is 170 g/mol. The fraction of sp³-hybridized carbons (Fsp3) is 0.500. The maximum Gasteiger partial charge on any atom is 0.282 e. The van der Waals surface area contributed by atoms with Crippen molar-refractivity contribution in [3.05, 3.63) is 12.3 Å². The second-order valence-electron chi connectivity index (χ2n) is 3.58. The van der Waals surface area contributed by atoms with Crippen LogP contribution in [0.5, 0.6) is 5.95 Å². The molecule has 0 radical (unpaired) electrons. The van der Waals surface area contributed by atoms with Gasteiger partial charge >= 0.3 is 0 Å². The van der Waals surface area contributed by atoms with Gasteiger partial charge in [0.1, 0.15) is 0 Å². The van der Waals surface area contributed by atoms with Crippen LogP contribution in [0.2, 0.25) is 19.6 Å². The molecule has 0 aliphatic heterocycles. The van der Waals surface area contributed by atoms with Crippen molar-refractivity contribution in [3.8, 4) is 5.95 Å². The molecule has 0 aliphatic carbocycles. The Balaban J connectivity index is 3.02. The summed E-state index contributed by atoms with van der Waals surface area (Å²) in [6, 6.07) is 2.01. The van der Waals surface area contributed by atoms with Crippen LogP contribution in [0.25, 0.3) is 0 Å². The molecule has 0 fully saturated rings. The third-order valence-electron chi connectivity index (χ3n) is 1.62. The van der Waals surface area contributed by atoms with Crippen LogP contribution in [0.4, 0.5) is 0 Å². The molecule has 0 atom stereocenters. The maximum absolute atomic E-state index is 5.15. The quantitative estimate of drug-likeness (QED) is 0.632. The molecule has 0 bridgehead atoms. The molecule has 0 saturated heterocycles. The zero-order valence-electron chi connectivity index (χ0n) is 7.47. The van der Waals surface area contributed by atoms with Crippen molar-refractivity contribution in [2.45, 2.75) is 19.6 Å². The van der Waals surface area contributed by atoms with Crippen LogP contribution in [0.3, 0.4) is 0 Å². The van der Waals surface area contributed by atoms with E-state index in [4.69, 9.17) is 9.15 Å². The van der Waals surface area contributed by atoms with Crippen LogP contribution in [0.1, 0.15) is 0 Å². The Labute approximate surface area is 68.2 Å². The highest BCUT2D eigenvalue weighted by Gasteiger charge is 2.22. The van der Waals surface area contributed by atoms with Crippen LogP contribution in [0, 0.1) is 0 Å². The molecule has 0 N–H and O–H groups in total. The summed E-state index contributed by atoms with van der Waals surface area (Å²) in [6.45, 7) is 6.79. The molecule has 0 aliphatic rings. The Kier molecular flexibility index (Phi) is 2.09. The lowest BCUT2D eigenvalue weighted by atomic mass is 10.6. The Bertz CT molecular complexity index is 234. The van der Waals surface area contributed by atoms with E-state index < -0.39 is 8.07 Å². The van der Waals surface area contributed by atoms with Crippen LogP contribution >= 0.6 is 0 Å². The Morgan fingerprint density at radius 1 is 1.36 bits per heavy atom. The Morgan fingerprint density at radius 2 is 2.00 bits per heavy atom. The fourth-order valence-corrected chi connectivity index (χ4v) is 2.35. The van der Waals surface area contributed by atoms with Gasteiger partial charge in [-0.15, -0.1) is 0 Å². The van der Waals surface area contributed by atoms with Crippen molar-refractivity contribution in [3.63, 3.8) is 0 Å². The lowest BCUT2D eigenvalue weighted by Crippen LogP contribution is -2.37. The van der Waals surface area contributed by atoms with Crippen molar-refractivity contribution in [2.24, 2.45) is 0 Å². The van der Waals surface area contributed by atoms with Gasteiger partial charge in [0.05, 0.1) is 21.4 Å². The van der Waals surface area contributed by atoms with Gasteiger partial charge < -0.3 is 9.15 Å². The number of methoxy groups -OCH3 is 1. The molecule has 3 heteroatoms. The van der Waals surface area contributed by atoms with Crippen LogP contribution in [0.15, 0.2) is 16.7 Å². The minimum absolute atomic E-state index is 0.684. The minimum atomic E-state index is -1.27.